The Bertz CT molecular complexity index is 1700. The van der Waals surface area contributed by atoms with E-state index in [0.717, 1.165) is 20.9 Å². The number of para-hydroxylation sites is 1. The van der Waals surface area contributed by atoms with Crippen LogP contribution < -0.4 is 5.56 Å². The summed E-state index contributed by atoms with van der Waals surface area (Å²) in [5.41, 5.74) is 1.75. The van der Waals surface area contributed by atoms with E-state index >= 15 is 0 Å². The Hall–Kier alpha value is -3.81. The van der Waals surface area contributed by atoms with Gasteiger partial charge in [0.15, 0.2) is 0 Å². The van der Waals surface area contributed by atoms with Crippen molar-refractivity contribution in [2.75, 3.05) is 27.2 Å². The Morgan fingerprint density at radius 2 is 1.63 bits per heavy atom. The number of fused-ring (bicyclic) bond motifs is 2. The quantitative estimate of drug-likeness (QED) is 0.239. The van der Waals surface area contributed by atoms with Gasteiger partial charge in [-0.25, -0.2) is 4.98 Å². The highest BCUT2D eigenvalue weighted by Crippen LogP contribution is 2.26. The second-order valence-corrected chi connectivity index (χ2v) is 10.6. The Morgan fingerprint density at radius 1 is 0.895 bits per heavy atom. The van der Waals surface area contributed by atoms with Gasteiger partial charge in [-0.2, -0.15) is 0 Å². The van der Waals surface area contributed by atoms with Crippen molar-refractivity contribution in [3.05, 3.63) is 117 Å². The van der Waals surface area contributed by atoms with Gasteiger partial charge in [-0.05, 0) is 74.3 Å². The lowest BCUT2D eigenvalue weighted by Crippen LogP contribution is -2.41. The molecule has 0 aliphatic carbocycles. The average Bonchev–Trinajstić information content (AvgIpc) is 2.92. The molecule has 0 bridgehead atoms. The van der Waals surface area contributed by atoms with Crippen LogP contribution >= 0.6 is 15.9 Å². The number of halogens is 1. The molecule has 0 N–H and O–H groups in total. The maximum Gasteiger partial charge on any atom is 0.266 e. The fourth-order valence-electron chi connectivity index (χ4n) is 4.70. The van der Waals surface area contributed by atoms with Crippen LogP contribution in [0.15, 0.2) is 100 Å². The second kappa shape index (κ2) is 10.9. The summed E-state index contributed by atoms with van der Waals surface area (Å²) in [4.78, 5) is 36.7. The molecule has 0 spiro atoms. The zero-order valence-corrected chi connectivity index (χ0v) is 23.2. The van der Waals surface area contributed by atoms with Crippen LogP contribution in [0, 0.1) is 0 Å². The van der Waals surface area contributed by atoms with Crippen LogP contribution in [0.3, 0.4) is 0 Å². The molecule has 5 rings (SSSR count). The van der Waals surface area contributed by atoms with Gasteiger partial charge < -0.3 is 9.80 Å². The fourth-order valence-corrected chi connectivity index (χ4v) is 5.10. The minimum Gasteiger partial charge on any atom is -0.327 e. The van der Waals surface area contributed by atoms with Crippen molar-refractivity contribution in [2.45, 2.75) is 13.0 Å². The lowest BCUT2D eigenvalue weighted by molar-refractivity contribution is 0.0667. The van der Waals surface area contributed by atoms with E-state index in [1.807, 2.05) is 111 Å². The topological polar surface area (TPSA) is 58.4 Å². The highest BCUT2D eigenvalue weighted by molar-refractivity contribution is 9.10. The summed E-state index contributed by atoms with van der Waals surface area (Å²) in [7, 11) is 3.96. The van der Waals surface area contributed by atoms with Gasteiger partial charge in [0.1, 0.15) is 5.82 Å². The Labute approximate surface area is 230 Å². The van der Waals surface area contributed by atoms with Gasteiger partial charge in [-0.15, -0.1) is 0 Å². The largest absolute Gasteiger partial charge is 0.327 e. The number of carbonyl (C=O) groups excluding carboxylic acids is 1. The number of aromatic nitrogens is 2. The molecule has 6 nitrogen and oxygen atoms in total. The van der Waals surface area contributed by atoms with Crippen LogP contribution in [0.25, 0.3) is 27.4 Å². The summed E-state index contributed by atoms with van der Waals surface area (Å²) >= 11 is 3.49. The number of hydrogen-bond donors (Lipinski definition) is 0. The highest BCUT2D eigenvalue weighted by atomic mass is 79.9. The van der Waals surface area contributed by atoms with Crippen molar-refractivity contribution in [1.82, 2.24) is 19.4 Å². The first-order valence-corrected chi connectivity index (χ1v) is 13.3. The third-order valence-corrected chi connectivity index (χ3v) is 7.25. The number of hydrogen-bond acceptors (Lipinski definition) is 4. The van der Waals surface area contributed by atoms with Gasteiger partial charge in [0.2, 0.25) is 0 Å². The molecule has 1 amide bonds. The van der Waals surface area contributed by atoms with Crippen LogP contribution in [0.2, 0.25) is 0 Å². The number of likely N-dealkylation sites (N-methyl/N-ethyl adjacent to an activating group) is 1. The predicted octanol–water partition coefficient (Wildman–Crippen LogP) is 6.07. The molecule has 7 heteroatoms. The summed E-state index contributed by atoms with van der Waals surface area (Å²) in [6.45, 7) is 3.08. The summed E-state index contributed by atoms with van der Waals surface area (Å²) in [5, 5.41) is 2.65. The molecule has 0 saturated heterocycles. The first-order valence-electron chi connectivity index (χ1n) is 12.6. The maximum atomic E-state index is 14.0. The average molecular weight is 570 g/mol. The molecule has 4 aromatic carbocycles. The van der Waals surface area contributed by atoms with E-state index in [1.165, 1.54) is 0 Å². The molecule has 1 unspecified atom stereocenters. The summed E-state index contributed by atoms with van der Waals surface area (Å²) in [5.74, 6) is 0.402. The van der Waals surface area contributed by atoms with Crippen molar-refractivity contribution in [2.24, 2.45) is 0 Å². The molecule has 38 heavy (non-hydrogen) atoms. The van der Waals surface area contributed by atoms with Crippen molar-refractivity contribution < 1.29 is 4.79 Å². The highest BCUT2D eigenvalue weighted by Gasteiger charge is 2.28. The van der Waals surface area contributed by atoms with E-state index in [-0.39, 0.29) is 11.5 Å². The van der Waals surface area contributed by atoms with E-state index in [2.05, 4.69) is 15.9 Å². The molecule has 0 aliphatic rings. The Morgan fingerprint density at radius 3 is 2.39 bits per heavy atom. The monoisotopic (exact) mass is 568 g/mol. The van der Waals surface area contributed by atoms with E-state index in [1.54, 1.807) is 15.5 Å². The van der Waals surface area contributed by atoms with Gasteiger partial charge in [0.05, 0.1) is 22.6 Å². The molecule has 192 valence electrons. The standard InChI is InChI=1S/C31H29BrN4O2/c1-21(35(18-17-34(2)3)30(37)24-11-8-12-25(32)19-24)29-33-28-14-7-6-13-27(28)31(38)36(29)26-16-15-22-9-4-5-10-23(22)20-26/h4-16,19-21H,17-18H2,1-3H3. The van der Waals surface area contributed by atoms with Crippen LogP contribution in [0.4, 0.5) is 0 Å². The van der Waals surface area contributed by atoms with Gasteiger partial charge in [-0.3, -0.25) is 14.2 Å². The Kier molecular flexibility index (Phi) is 7.40. The SMILES string of the molecule is CC(c1nc2ccccc2c(=O)n1-c1ccc2ccccc2c1)N(CCN(C)C)C(=O)c1cccc(Br)c1. The van der Waals surface area contributed by atoms with Crippen molar-refractivity contribution >= 4 is 43.5 Å². The van der Waals surface area contributed by atoms with Gasteiger partial charge >= 0.3 is 0 Å². The van der Waals surface area contributed by atoms with Gasteiger partial charge in [0, 0.05) is 23.1 Å². The summed E-state index contributed by atoms with van der Waals surface area (Å²) in [6.07, 6.45) is 0. The van der Waals surface area contributed by atoms with E-state index in [4.69, 9.17) is 4.98 Å². The summed E-state index contributed by atoms with van der Waals surface area (Å²) < 4.78 is 2.50. The predicted molar refractivity (Wildman–Crippen MR) is 157 cm³/mol. The Balaban J connectivity index is 1.70. The van der Waals surface area contributed by atoms with Crippen molar-refractivity contribution in [1.29, 1.82) is 0 Å². The van der Waals surface area contributed by atoms with Crippen LogP contribution in [0.5, 0.6) is 0 Å². The molecule has 1 aromatic heterocycles. The van der Waals surface area contributed by atoms with Gasteiger partial charge in [0.25, 0.3) is 11.5 Å². The molecule has 1 heterocycles. The van der Waals surface area contributed by atoms with Crippen molar-refractivity contribution in [3.8, 4) is 5.69 Å². The van der Waals surface area contributed by atoms with E-state index in [0.29, 0.717) is 35.4 Å². The molecular weight excluding hydrogens is 540 g/mol. The fraction of sp³-hybridized carbons (Fsp3) is 0.194. The zero-order valence-electron chi connectivity index (χ0n) is 21.6. The van der Waals surface area contributed by atoms with Crippen molar-refractivity contribution in [3.63, 3.8) is 0 Å². The minimum atomic E-state index is -0.481. The van der Waals surface area contributed by atoms with Crippen LogP contribution in [0.1, 0.15) is 29.1 Å². The lowest BCUT2D eigenvalue weighted by Gasteiger charge is -2.31. The third kappa shape index (κ3) is 5.12. The third-order valence-electron chi connectivity index (χ3n) is 6.75. The summed E-state index contributed by atoms with van der Waals surface area (Å²) in [6, 6.07) is 28.3. The number of nitrogens with zero attached hydrogens (tertiary/aromatic N) is 4. The molecule has 0 saturated carbocycles. The first-order chi connectivity index (χ1) is 18.3. The number of benzene rings is 4. The lowest BCUT2D eigenvalue weighted by atomic mass is 10.1. The first kappa shape index (κ1) is 25.8. The number of rotatable bonds is 7. The molecule has 0 fully saturated rings. The van der Waals surface area contributed by atoms with E-state index in [9.17, 15) is 9.59 Å². The molecule has 0 aliphatic heterocycles. The maximum absolute atomic E-state index is 14.0. The smallest absolute Gasteiger partial charge is 0.266 e. The van der Waals surface area contributed by atoms with Crippen LogP contribution in [-0.2, 0) is 0 Å². The molecule has 5 aromatic rings. The zero-order chi connectivity index (χ0) is 26.8. The second-order valence-electron chi connectivity index (χ2n) is 9.65. The number of carbonyl (C=O) groups is 1. The minimum absolute atomic E-state index is 0.117. The van der Waals surface area contributed by atoms with E-state index < -0.39 is 6.04 Å². The van der Waals surface area contributed by atoms with Crippen LogP contribution in [-0.4, -0.2) is 52.4 Å². The molecule has 0 radical (unpaired) electrons. The van der Waals surface area contributed by atoms with Gasteiger partial charge in [-0.1, -0.05) is 64.5 Å². The molecule has 1 atom stereocenters. The molecular formula is C31H29BrN4O2. The number of amides is 1. The normalized spacial score (nSPS) is 12.2.